The van der Waals surface area contributed by atoms with Crippen molar-refractivity contribution in [1.82, 2.24) is 9.80 Å². The van der Waals surface area contributed by atoms with Gasteiger partial charge in [-0.05, 0) is 49.3 Å². The highest BCUT2D eigenvalue weighted by molar-refractivity contribution is 9.10. The molecule has 3 rings (SSSR count). The van der Waals surface area contributed by atoms with Crippen molar-refractivity contribution in [3.63, 3.8) is 0 Å². The van der Waals surface area contributed by atoms with E-state index in [1.807, 2.05) is 0 Å². The third-order valence-electron chi connectivity index (χ3n) is 5.39. The van der Waals surface area contributed by atoms with E-state index in [9.17, 15) is 0 Å². The predicted molar refractivity (Wildman–Crippen MR) is 108 cm³/mol. The highest BCUT2D eigenvalue weighted by atomic mass is 79.9. The average molecular weight is 441 g/mol. The van der Waals surface area contributed by atoms with Crippen LogP contribution in [0, 0.1) is 5.92 Å². The first-order valence-corrected chi connectivity index (χ1v) is 10.3. The third-order valence-corrected chi connectivity index (χ3v) is 5.88. The summed E-state index contributed by atoms with van der Waals surface area (Å²) in [6.07, 6.45) is 5.71. The molecule has 0 amide bonds. The van der Waals surface area contributed by atoms with Gasteiger partial charge in [-0.15, -0.1) is 0 Å². The van der Waals surface area contributed by atoms with Gasteiger partial charge < -0.3 is 10.2 Å². The molecule has 1 aliphatic carbocycles. The van der Waals surface area contributed by atoms with Crippen LogP contribution in [0.2, 0.25) is 0 Å². The fourth-order valence-electron chi connectivity index (χ4n) is 3.79. The van der Waals surface area contributed by atoms with E-state index < -0.39 is 11.9 Å². The van der Waals surface area contributed by atoms with Crippen LogP contribution in [0.4, 0.5) is 0 Å². The standard InChI is InChI=1S/C18H27BrN2.C2H2O4/c1-15-5-7-18(8-6-15)21-11-9-20(10-12-21)14-16-3-2-4-17(19)13-16;3-1(4)2(5)6/h2-4,13,15,18H,5-12,14H2,1H3;(H,3,4)(H,5,6). The Balaban J connectivity index is 0.000000380. The molecule has 2 N–H and O–H groups in total. The minimum Gasteiger partial charge on any atom is -0.473 e. The molecule has 2 fully saturated rings. The first-order valence-electron chi connectivity index (χ1n) is 9.52. The van der Waals surface area contributed by atoms with E-state index in [1.165, 1.54) is 61.9 Å². The van der Waals surface area contributed by atoms with E-state index >= 15 is 0 Å². The highest BCUT2D eigenvalue weighted by Gasteiger charge is 2.26. The number of halogens is 1. The van der Waals surface area contributed by atoms with Gasteiger partial charge in [0.1, 0.15) is 0 Å². The number of carbonyl (C=O) groups is 2. The first kappa shape index (κ1) is 21.9. The van der Waals surface area contributed by atoms with Crippen LogP contribution >= 0.6 is 15.9 Å². The lowest BCUT2D eigenvalue weighted by atomic mass is 9.86. The highest BCUT2D eigenvalue weighted by Crippen LogP contribution is 2.27. The van der Waals surface area contributed by atoms with Gasteiger partial charge in [-0.2, -0.15) is 0 Å². The Kier molecular flexibility index (Phi) is 8.73. The van der Waals surface area contributed by atoms with E-state index in [1.54, 1.807) is 0 Å². The minimum absolute atomic E-state index is 0.870. The maximum absolute atomic E-state index is 9.10. The van der Waals surface area contributed by atoms with Gasteiger partial charge in [-0.3, -0.25) is 9.80 Å². The summed E-state index contributed by atoms with van der Waals surface area (Å²) >= 11 is 3.57. The molecule has 27 heavy (non-hydrogen) atoms. The number of carboxylic acids is 2. The van der Waals surface area contributed by atoms with Crippen molar-refractivity contribution in [3.05, 3.63) is 34.3 Å². The van der Waals surface area contributed by atoms with Crippen molar-refractivity contribution in [3.8, 4) is 0 Å². The van der Waals surface area contributed by atoms with Gasteiger partial charge in [-0.1, -0.05) is 35.0 Å². The molecule has 1 aromatic carbocycles. The molecule has 0 radical (unpaired) electrons. The van der Waals surface area contributed by atoms with Gasteiger partial charge in [0.2, 0.25) is 0 Å². The SMILES string of the molecule is CC1CCC(N2CCN(Cc3cccc(Br)c3)CC2)CC1.O=C(O)C(=O)O. The summed E-state index contributed by atoms with van der Waals surface area (Å²) in [7, 11) is 0. The van der Waals surface area contributed by atoms with Gasteiger partial charge >= 0.3 is 11.9 Å². The second-order valence-electron chi connectivity index (χ2n) is 7.47. The van der Waals surface area contributed by atoms with Crippen LogP contribution in [-0.2, 0) is 16.1 Å². The lowest BCUT2D eigenvalue weighted by Gasteiger charge is -2.41. The molecular formula is C20H29BrN2O4. The number of hydrogen-bond acceptors (Lipinski definition) is 4. The molecule has 0 atom stereocenters. The van der Waals surface area contributed by atoms with Crippen molar-refractivity contribution in [1.29, 1.82) is 0 Å². The zero-order chi connectivity index (χ0) is 19.8. The molecule has 1 saturated carbocycles. The molecule has 6 nitrogen and oxygen atoms in total. The van der Waals surface area contributed by atoms with Crippen molar-refractivity contribution in [2.75, 3.05) is 26.2 Å². The molecule has 1 aromatic rings. The quantitative estimate of drug-likeness (QED) is 0.701. The van der Waals surface area contributed by atoms with Crippen LogP contribution in [0.5, 0.6) is 0 Å². The van der Waals surface area contributed by atoms with Crippen LogP contribution in [-0.4, -0.2) is 64.2 Å². The summed E-state index contributed by atoms with van der Waals surface area (Å²) in [5.74, 6) is -2.69. The van der Waals surface area contributed by atoms with Gasteiger partial charge in [0.15, 0.2) is 0 Å². The Morgan fingerprint density at radius 3 is 2.15 bits per heavy atom. The topological polar surface area (TPSA) is 81.1 Å². The van der Waals surface area contributed by atoms with Crippen LogP contribution in [0.15, 0.2) is 28.7 Å². The summed E-state index contributed by atoms with van der Waals surface area (Å²) in [5.41, 5.74) is 1.42. The van der Waals surface area contributed by atoms with Crippen molar-refractivity contribution in [2.24, 2.45) is 5.92 Å². The number of piperazine rings is 1. The normalized spacial score (nSPS) is 23.9. The van der Waals surface area contributed by atoms with Crippen molar-refractivity contribution in [2.45, 2.75) is 45.2 Å². The third kappa shape index (κ3) is 7.60. The molecule has 1 heterocycles. The Bertz CT molecular complexity index is 612. The lowest BCUT2D eigenvalue weighted by molar-refractivity contribution is -0.159. The maximum atomic E-state index is 9.10. The van der Waals surface area contributed by atoms with Gasteiger partial charge in [0, 0.05) is 43.2 Å². The van der Waals surface area contributed by atoms with E-state index in [0.717, 1.165) is 18.5 Å². The Labute approximate surface area is 169 Å². The molecule has 1 aliphatic heterocycles. The van der Waals surface area contributed by atoms with Crippen LogP contribution in [0.25, 0.3) is 0 Å². The number of benzene rings is 1. The molecule has 0 unspecified atom stereocenters. The summed E-state index contributed by atoms with van der Waals surface area (Å²) in [6.45, 7) is 8.46. The molecule has 2 aliphatic rings. The number of rotatable bonds is 3. The Morgan fingerprint density at radius 2 is 1.63 bits per heavy atom. The van der Waals surface area contributed by atoms with E-state index in [0.29, 0.717) is 0 Å². The molecular weight excluding hydrogens is 412 g/mol. The lowest BCUT2D eigenvalue weighted by Crippen LogP contribution is -2.50. The van der Waals surface area contributed by atoms with Crippen LogP contribution in [0.3, 0.4) is 0 Å². The predicted octanol–water partition coefficient (Wildman–Crippen LogP) is 3.30. The summed E-state index contributed by atoms with van der Waals surface area (Å²) < 4.78 is 1.19. The van der Waals surface area contributed by atoms with E-state index in [4.69, 9.17) is 19.8 Å². The maximum Gasteiger partial charge on any atom is 0.414 e. The van der Waals surface area contributed by atoms with Crippen molar-refractivity contribution >= 4 is 27.9 Å². The van der Waals surface area contributed by atoms with E-state index in [-0.39, 0.29) is 0 Å². The van der Waals surface area contributed by atoms with Gasteiger partial charge in [0.25, 0.3) is 0 Å². The first-order chi connectivity index (χ1) is 12.8. The summed E-state index contributed by atoms with van der Waals surface area (Å²) in [4.78, 5) is 23.6. The summed E-state index contributed by atoms with van der Waals surface area (Å²) in [5, 5.41) is 14.8. The monoisotopic (exact) mass is 440 g/mol. The fraction of sp³-hybridized carbons (Fsp3) is 0.600. The molecule has 0 aromatic heterocycles. The zero-order valence-corrected chi connectivity index (χ0v) is 17.4. The fourth-order valence-corrected chi connectivity index (χ4v) is 4.23. The molecule has 150 valence electrons. The van der Waals surface area contributed by atoms with Crippen LogP contribution < -0.4 is 0 Å². The smallest absolute Gasteiger partial charge is 0.414 e. The van der Waals surface area contributed by atoms with E-state index in [2.05, 4.69) is 56.9 Å². The van der Waals surface area contributed by atoms with Crippen molar-refractivity contribution < 1.29 is 19.8 Å². The molecule has 0 spiro atoms. The minimum atomic E-state index is -1.82. The number of aliphatic carboxylic acids is 2. The molecule has 1 saturated heterocycles. The van der Waals surface area contributed by atoms with Gasteiger partial charge in [-0.25, -0.2) is 9.59 Å². The number of nitrogens with zero attached hydrogens (tertiary/aromatic N) is 2. The summed E-state index contributed by atoms with van der Waals surface area (Å²) in [6, 6.07) is 9.59. The second-order valence-corrected chi connectivity index (χ2v) is 8.38. The second kappa shape index (κ2) is 10.8. The largest absolute Gasteiger partial charge is 0.473 e. The average Bonchev–Trinajstić information content (AvgIpc) is 2.64. The molecule has 7 heteroatoms. The number of hydrogen-bond donors (Lipinski definition) is 2. The number of carboxylic acid groups (broad SMARTS) is 2. The Hall–Kier alpha value is -1.44. The van der Waals surface area contributed by atoms with Crippen LogP contribution in [0.1, 0.15) is 38.2 Å². The molecule has 0 bridgehead atoms. The van der Waals surface area contributed by atoms with Gasteiger partial charge in [0.05, 0.1) is 0 Å². The Morgan fingerprint density at radius 1 is 1.04 bits per heavy atom. The zero-order valence-electron chi connectivity index (χ0n) is 15.8.